The first-order valence-electron chi connectivity index (χ1n) is 13.0. The van der Waals surface area contributed by atoms with Crippen molar-refractivity contribution >= 4 is 38.9 Å². The molecule has 0 radical (unpaired) electrons. The van der Waals surface area contributed by atoms with Crippen LogP contribution in [-0.2, 0) is 21.2 Å². The Hall–Kier alpha value is -2.66. The van der Waals surface area contributed by atoms with E-state index in [4.69, 9.17) is 10.7 Å². The highest BCUT2D eigenvalue weighted by atomic mass is 32.3. The Bertz CT molecular complexity index is 1230. The molecule has 1 aliphatic rings. The molecular weight excluding hydrogens is 530 g/mol. The lowest BCUT2D eigenvalue weighted by Gasteiger charge is -2.36. The van der Waals surface area contributed by atoms with Crippen LogP contribution in [0.2, 0.25) is 0 Å². The number of benzene rings is 2. The van der Waals surface area contributed by atoms with Gasteiger partial charge in [0.1, 0.15) is 0 Å². The zero-order chi connectivity index (χ0) is 29.0. The zero-order valence-corrected chi connectivity index (χ0v) is 25.4. The molecule has 3 rings (SSSR count). The number of amides is 2. The summed E-state index contributed by atoms with van der Waals surface area (Å²) in [6.07, 6.45) is 0.205. The lowest BCUT2D eigenvalue weighted by molar-refractivity contribution is 0.139. The normalized spacial score (nSPS) is 21.3. The number of aliphatic imine (C=N–C) groups is 1. The highest BCUT2D eigenvalue weighted by molar-refractivity contribution is 8.14. The minimum absolute atomic E-state index is 0.0924. The van der Waals surface area contributed by atoms with E-state index >= 15 is 0 Å². The Morgan fingerprint density at radius 3 is 2.38 bits per heavy atom. The van der Waals surface area contributed by atoms with Crippen LogP contribution in [0.5, 0.6) is 0 Å². The summed E-state index contributed by atoms with van der Waals surface area (Å²) in [5.74, 6) is 0.521. The summed E-state index contributed by atoms with van der Waals surface area (Å²) in [6, 6.07) is 16.8. The molecule has 2 unspecified atom stereocenters. The van der Waals surface area contributed by atoms with Gasteiger partial charge in [-0.3, -0.25) is 4.99 Å². The van der Waals surface area contributed by atoms with Crippen LogP contribution in [0, 0.1) is 5.92 Å². The molecule has 4 N–H and O–H groups in total. The highest BCUT2D eigenvalue weighted by Crippen LogP contribution is 2.33. The maximum atomic E-state index is 13.5. The molecule has 0 aliphatic carbocycles. The van der Waals surface area contributed by atoms with E-state index in [0.717, 1.165) is 16.2 Å². The fraction of sp³-hybridized carbons (Fsp3) is 0.448. The van der Waals surface area contributed by atoms with Gasteiger partial charge in [0.15, 0.2) is 4.91 Å². The molecule has 2 aromatic carbocycles. The van der Waals surface area contributed by atoms with Gasteiger partial charge in [-0.25, -0.2) is 4.79 Å². The predicted octanol–water partition coefficient (Wildman–Crippen LogP) is 5.50. The van der Waals surface area contributed by atoms with Gasteiger partial charge in [0, 0.05) is 56.0 Å². The third-order valence-electron chi connectivity index (χ3n) is 6.71. The number of nitrogen functional groups attached to an aromatic ring is 1. The van der Waals surface area contributed by atoms with Crippen LogP contribution in [0.3, 0.4) is 0 Å². The van der Waals surface area contributed by atoms with Crippen molar-refractivity contribution in [3.05, 3.63) is 77.2 Å². The molecule has 39 heavy (non-hydrogen) atoms. The van der Waals surface area contributed by atoms with Crippen molar-refractivity contribution in [1.29, 1.82) is 0 Å². The van der Waals surface area contributed by atoms with E-state index in [1.54, 1.807) is 28.6 Å². The van der Waals surface area contributed by atoms with E-state index < -0.39 is 15.9 Å². The quantitative estimate of drug-likeness (QED) is 0.286. The third-order valence-corrected chi connectivity index (χ3v) is 9.67. The molecule has 1 heterocycles. The van der Waals surface area contributed by atoms with Crippen LogP contribution < -0.4 is 10.5 Å². The molecule has 212 valence electrons. The van der Waals surface area contributed by atoms with Gasteiger partial charge in [0.25, 0.3) is 0 Å². The summed E-state index contributed by atoms with van der Waals surface area (Å²) in [4.78, 5) is 22.3. The maximum absolute atomic E-state index is 13.5. The molecule has 1 aliphatic heterocycles. The largest absolute Gasteiger partial charge is 0.399 e. The van der Waals surface area contributed by atoms with Gasteiger partial charge in [0.2, 0.25) is 0 Å². The SMILES string of the molecule is C=C(C[C@H]1N=C(c2ccc(N)cc2)SCC(N(C)C(=O)N(C)Cc2ccccc2)[C@H]1C)[S+](=O)(O)NC(C)(C)C. The van der Waals surface area contributed by atoms with Crippen LogP contribution in [0.15, 0.2) is 71.1 Å². The number of nitrogens with zero attached hydrogens (tertiary/aromatic N) is 3. The number of anilines is 1. The minimum Gasteiger partial charge on any atom is -0.399 e. The molecule has 2 amide bonds. The Morgan fingerprint density at radius 1 is 1.18 bits per heavy atom. The average molecular weight is 573 g/mol. The third kappa shape index (κ3) is 8.41. The van der Waals surface area contributed by atoms with Gasteiger partial charge in [-0.05, 0) is 49.3 Å². The lowest BCUT2D eigenvalue weighted by atomic mass is 9.91. The van der Waals surface area contributed by atoms with Crippen LogP contribution in [0.1, 0.15) is 45.2 Å². The molecule has 0 aromatic heterocycles. The predicted molar refractivity (Wildman–Crippen MR) is 165 cm³/mol. The van der Waals surface area contributed by atoms with Crippen molar-refractivity contribution in [2.45, 2.75) is 58.3 Å². The Labute approximate surface area is 238 Å². The second kappa shape index (κ2) is 12.7. The smallest absolute Gasteiger partial charge is 0.320 e. The standard InChI is InChI=1S/C29H41N5O3S2/c1-20(39(36,37)32-29(3,4)5)17-25-21(2)26(19-38-27(31-25)23-13-15-24(30)16-14-23)34(7)28(35)33(6)18-22-11-9-8-10-12-22/h8-16,21,25-26H,1,17-19H2,2-7H3,(H3-,30,31,32,36,37)/p+1/t21-,25+,26?/m0/s1. The van der Waals surface area contributed by atoms with Gasteiger partial charge in [-0.2, -0.15) is 4.55 Å². The van der Waals surface area contributed by atoms with Gasteiger partial charge in [-0.1, -0.05) is 54.1 Å². The zero-order valence-electron chi connectivity index (χ0n) is 23.8. The number of thioether (sulfide) groups is 1. The molecule has 0 spiro atoms. The number of hydrogen-bond acceptors (Lipinski definition) is 5. The molecule has 2 aromatic rings. The van der Waals surface area contributed by atoms with Crippen molar-refractivity contribution < 1.29 is 13.6 Å². The fourth-order valence-electron chi connectivity index (χ4n) is 4.53. The van der Waals surface area contributed by atoms with Crippen LogP contribution in [0.25, 0.3) is 0 Å². The molecule has 4 atom stereocenters. The van der Waals surface area contributed by atoms with Crippen LogP contribution >= 0.6 is 11.8 Å². The summed E-state index contributed by atoms with van der Waals surface area (Å²) in [7, 11) is 0.104. The summed E-state index contributed by atoms with van der Waals surface area (Å²) >= 11 is 1.58. The van der Waals surface area contributed by atoms with E-state index in [1.165, 1.54) is 0 Å². The van der Waals surface area contributed by atoms with Gasteiger partial charge in [-0.15, -0.1) is 11.8 Å². The van der Waals surface area contributed by atoms with Crippen LogP contribution in [0.4, 0.5) is 10.5 Å². The fourth-order valence-corrected chi connectivity index (χ4v) is 7.27. The van der Waals surface area contributed by atoms with Crippen molar-refractivity contribution in [2.75, 3.05) is 25.6 Å². The van der Waals surface area contributed by atoms with Crippen molar-refractivity contribution in [1.82, 2.24) is 14.5 Å². The minimum atomic E-state index is -3.52. The van der Waals surface area contributed by atoms with E-state index in [-0.39, 0.29) is 35.4 Å². The van der Waals surface area contributed by atoms with E-state index in [0.29, 0.717) is 18.0 Å². The van der Waals surface area contributed by atoms with Gasteiger partial charge in [0.05, 0.1) is 16.6 Å². The maximum Gasteiger partial charge on any atom is 0.320 e. The average Bonchev–Trinajstić information content (AvgIpc) is 3.01. The van der Waals surface area contributed by atoms with Gasteiger partial charge < -0.3 is 15.5 Å². The summed E-state index contributed by atoms with van der Waals surface area (Å²) in [5, 5.41) is 0.814. The topological polar surface area (TPSA) is 111 Å². The lowest BCUT2D eigenvalue weighted by Crippen LogP contribution is -2.50. The number of nitrogens with two attached hydrogens (primary N) is 1. The van der Waals surface area contributed by atoms with Crippen molar-refractivity contribution in [2.24, 2.45) is 10.9 Å². The van der Waals surface area contributed by atoms with Crippen LogP contribution in [-0.4, -0.2) is 62.9 Å². The molecule has 0 saturated carbocycles. The summed E-state index contributed by atoms with van der Waals surface area (Å²) in [6.45, 7) is 12.0. The monoisotopic (exact) mass is 572 g/mol. The van der Waals surface area contributed by atoms with E-state index in [2.05, 4.69) is 18.2 Å². The number of carbonyl (C=O) groups is 1. The summed E-state index contributed by atoms with van der Waals surface area (Å²) in [5.41, 5.74) is 7.97. The van der Waals surface area contributed by atoms with Crippen molar-refractivity contribution in [3.8, 4) is 0 Å². The van der Waals surface area contributed by atoms with Gasteiger partial charge >= 0.3 is 16.4 Å². The van der Waals surface area contributed by atoms with E-state index in [9.17, 15) is 13.6 Å². The highest BCUT2D eigenvalue weighted by Gasteiger charge is 2.41. The number of rotatable bonds is 8. The number of urea groups is 1. The number of carbonyl (C=O) groups excluding carboxylic acids is 1. The first-order valence-corrected chi connectivity index (χ1v) is 15.5. The van der Waals surface area contributed by atoms with E-state index in [1.807, 2.05) is 82.4 Å². The Kier molecular flexibility index (Phi) is 10.0. The molecule has 10 heteroatoms. The molecule has 0 saturated heterocycles. The Balaban J connectivity index is 1.88. The molecule has 0 bridgehead atoms. The first kappa shape index (κ1) is 30.9. The second-order valence-corrected chi connectivity index (χ2v) is 14.1. The van der Waals surface area contributed by atoms with Crippen molar-refractivity contribution in [3.63, 3.8) is 0 Å². The summed E-state index contributed by atoms with van der Waals surface area (Å²) < 4.78 is 26.7. The molecule has 8 nitrogen and oxygen atoms in total. The molecular formula is C29H42N5O3S2+. The Morgan fingerprint density at radius 2 is 1.79 bits per heavy atom. The second-order valence-electron chi connectivity index (χ2n) is 11.2. The molecule has 0 fully saturated rings. The number of hydrogen-bond donors (Lipinski definition) is 3. The first-order chi connectivity index (χ1) is 18.2. The number of nitrogens with one attached hydrogen (secondary N) is 1.